The maximum Gasteiger partial charge on any atom is 0.331 e. The number of carbonyl (C=O) groups excluding carboxylic acids is 2. The second-order valence-corrected chi connectivity index (χ2v) is 5.09. The Hall–Kier alpha value is -2.95. The van der Waals surface area contributed by atoms with Gasteiger partial charge in [-0.15, -0.1) is 0 Å². The molecule has 124 valence electrons. The Kier molecular flexibility index (Phi) is 6.25. The van der Waals surface area contributed by atoms with Gasteiger partial charge in [0.2, 0.25) is 0 Å². The first kappa shape index (κ1) is 17.4. The number of benzene rings is 2. The third-order valence-electron chi connectivity index (χ3n) is 3.27. The third kappa shape index (κ3) is 5.68. The summed E-state index contributed by atoms with van der Waals surface area (Å²) < 4.78 is 17.6. The van der Waals surface area contributed by atoms with Crippen LogP contribution in [0.25, 0.3) is 6.08 Å². The Morgan fingerprint density at radius 2 is 1.75 bits per heavy atom. The summed E-state index contributed by atoms with van der Waals surface area (Å²) >= 11 is 0. The van der Waals surface area contributed by atoms with E-state index in [1.165, 1.54) is 42.0 Å². The molecule has 0 fully saturated rings. The number of hydrogen-bond acceptors (Lipinski definition) is 3. The average Bonchev–Trinajstić information content (AvgIpc) is 2.60. The van der Waals surface area contributed by atoms with Crippen LogP contribution in [0, 0.1) is 5.82 Å². The van der Waals surface area contributed by atoms with E-state index < -0.39 is 11.9 Å². The highest BCUT2D eigenvalue weighted by Crippen LogP contribution is 2.10. The molecule has 0 heterocycles. The summed E-state index contributed by atoms with van der Waals surface area (Å²) in [5, 5.41) is 2.65. The van der Waals surface area contributed by atoms with Crippen molar-refractivity contribution in [3.8, 4) is 0 Å². The van der Waals surface area contributed by atoms with Crippen LogP contribution in [-0.4, -0.2) is 18.5 Å². The molecule has 0 aliphatic carbocycles. The van der Waals surface area contributed by atoms with Gasteiger partial charge in [0.25, 0.3) is 5.91 Å². The Labute approximate surface area is 140 Å². The number of esters is 1. The first-order valence-electron chi connectivity index (χ1n) is 7.56. The van der Waals surface area contributed by atoms with Crippen molar-refractivity contribution in [2.24, 2.45) is 0 Å². The summed E-state index contributed by atoms with van der Waals surface area (Å²) in [7, 11) is 0. The lowest BCUT2D eigenvalue weighted by atomic mass is 10.1. The molecule has 0 saturated heterocycles. The van der Waals surface area contributed by atoms with Crippen LogP contribution in [0.2, 0.25) is 0 Å². The number of carbonyl (C=O) groups is 2. The molecule has 0 unspecified atom stereocenters. The molecule has 4 nitrogen and oxygen atoms in total. The van der Waals surface area contributed by atoms with Crippen molar-refractivity contribution < 1.29 is 18.7 Å². The molecular weight excluding hydrogens is 309 g/mol. The number of ether oxygens (including phenoxy) is 1. The Morgan fingerprint density at radius 3 is 2.38 bits per heavy atom. The fourth-order valence-corrected chi connectivity index (χ4v) is 1.94. The summed E-state index contributed by atoms with van der Waals surface area (Å²) in [6.07, 6.45) is 3.60. The Morgan fingerprint density at radius 1 is 1.08 bits per heavy atom. The summed E-state index contributed by atoms with van der Waals surface area (Å²) in [5.41, 5.74) is 2.48. The van der Waals surface area contributed by atoms with E-state index in [-0.39, 0.29) is 12.4 Å². The predicted octanol–water partition coefficient (Wildman–Crippen LogP) is 3.58. The normalized spacial score (nSPS) is 10.6. The molecule has 0 spiro atoms. The predicted molar refractivity (Wildman–Crippen MR) is 90.8 cm³/mol. The standard InChI is InChI=1S/C19H18FNO3/c1-2-14-5-10-17(11-6-14)21-18(22)13-24-19(23)12-7-15-3-8-16(20)9-4-15/h3-12H,2,13H2,1H3,(H,21,22). The summed E-state index contributed by atoms with van der Waals surface area (Å²) in [6.45, 7) is 1.68. The molecule has 0 aliphatic rings. The minimum Gasteiger partial charge on any atom is -0.452 e. The van der Waals surface area contributed by atoms with Crippen molar-refractivity contribution in [3.05, 3.63) is 71.6 Å². The van der Waals surface area contributed by atoms with Gasteiger partial charge in [0.05, 0.1) is 0 Å². The van der Waals surface area contributed by atoms with Crippen molar-refractivity contribution in [1.29, 1.82) is 0 Å². The lowest BCUT2D eigenvalue weighted by molar-refractivity contribution is -0.142. The summed E-state index contributed by atoms with van der Waals surface area (Å²) in [5.74, 6) is -1.41. The van der Waals surface area contributed by atoms with Crippen molar-refractivity contribution in [1.82, 2.24) is 0 Å². The second kappa shape index (κ2) is 8.62. The number of amides is 1. The second-order valence-electron chi connectivity index (χ2n) is 5.09. The minimum atomic E-state index is -0.643. The first-order valence-corrected chi connectivity index (χ1v) is 7.56. The number of anilines is 1. The zero-order chi connectivity index (χ0) is 17.4. The number of aryl methyl sites for hydroxylation is 1. The first-order chi connectivity index (χ1) is 11.6. The average molecular weight is 327 g/mol. The van der Waals surface area contributed by atoms with E-state index in [9.17, 15) is 14.0 Å². The van der Waals surface area contributed by atoms with Gasteiger partial charge in [-0.1, -0.05) is 31.2 Å². The molecule has 1 amide bonds. The highest BCUT2D eigenvalue weighted by molar-refractivity contribution is 5.94. The van der Waals surface area contributed by atoms with Gasteiger partial charge in [0.1, 0.15) is 5.82 Å². The number of hydrogen-bond donors (Lipinski definition) is 1. The van der Waals surface area contributed by atoms with E-state index in [0.29, 0.717) is 11.3 Å². The van der Waals surface area contributed by atoms with Crippen LogP contribution in [-0.2, 0) is 20.7 Å². The lowest BCUT2D eigenvalue weighted by Gasteiger charge is -2.06. The lowest BCUT2D eigenvalue weighted by Crippen LogP contribution is -2.20. The van der Waals surface area contributed by atoms with Crippen LogP contribution in [0.5, 0.6) is 0 Å². The van der Waals surface area contributed by atoms with E-state index in [2.05, 4.69) is 5.32 Å². The third-order valence-corrected chi connectivity index (χ3v) is 3.27. The molecule has 2 rings (SSSR count). The van der Waals surface area contributed by atoms with Crippen LogP contribution < -0.4 is 5.32 Å². The van der Waals surface area contributed by atoms with Gasteiger partial charge in [-0.25, -0.2) is 9.18 Å². The zero-order valence-corrected chi connectivity index (χ0v) is 13.3. The number of nitrogens with one attached hydrogen (secondary N) is 1. The van der Waals surface area contributed by atoms with Crippen LogP contribution in [0.1, 0.15) is 18.1 Å². The fraction of sp³-hybridized carbons (Fsp3) is 0.158. The summed E-state index contributed by atoms with van der Waals surface area (Å²) in [6, 6.07) is 13.1. The van der Waals surface area contributed by atoms with E-state index in [0.717, 1.165) is 6.42 Å². The van der Waals surface area contributed by atoms with Crippen molar-refractivity contribution in [2.75, 3.05) is 11.9 Å². The molecule has 0 aromatic heterocycles. The van der Waals surface area contributed by atoms with Gasteiger partial charge in [-0.2, -0.15) is 0 Å². The molecule has 0 saturated carbocycles. The minimum absolute atomic E-state index is 0.349. The van der Waals surface area contributed by atoms with Crippen LogP contribution >= 0.6 is 0 Å². The monoisotopic (exact) mass is 327 g/mol. The van der Waals surface area contributed by atoms with Crippen molar-refractivity contribution in [2.45, 2.75) is 13.3 Å². The fourth-order valence-electron chi connectivity index (χ4n) is 1.94. The molecule has 0 aliphatic heterocycles. The largest absolute Gasteiger partial charge is 0.452 e. The Bertz CT molecular complexity index is 721. The van der Waals surface area contributed by atoms with E-state index in [4.69, 9.17) is 4.74 Å². The molecule has 0 bridgehead atoms. The quantitative estimate of drug-likeness (QED) is 0.652. The van der Waals surface area contributed by atoms with Gasteiger partial charge < -0.3 is 10.1 Å². The van der Waals surface area contributed by atoms with E-state index >= 15 is 0 Å². The van der Waals surface area contributed by atoms with Crippen LogP contribution in [0.3, 0.4) is 0 Å². The number of rotatable bonds is 6. The van der Waals surface area contributed by atoms with Gasteiger partial charge in [-0.05, 0) is 47.9 Å². The van der Waals surface area contributed by atoms with Gasteiger partial charge >= 0.3 is 5.97 Å². The summed E-state index contributed by atoms with van der Waals surface area (Å²) in [4.78, 5) is 23.3. The SMILES string of the molecule is CCc1ccc(NC(=O)COC(=O)C=Cc2ccc(F)cc2)cc1. The number of halogens is 1. The Balaban J connectivity index is 1.78. The highest BCUT2D eigenvalue weighted by Gasteiger charge is 2.05. The van der Waals surface area contributed by atoms with E-state index in [1.807, 2.05) is 19.1 Å². The maximum absolute atomic E-state index is 12.8. The highest BCUT2D eigenvalue weighted by atomic mass is 19.1. The molecule has 0 radical (unpaired) electrons. The molecule has 0 atom stereocenters. The van der Waals surface area contributed by atoms with Gasteiger partial charge in [0.15, 0.2) is 6.61 Å². The molecule has 1 N–H and O–H groups in total. The zero-order valence-electron chi connectivity index (χ0n) is 13.3. The smallest absolute Gasteiger partial charge is 0.331 e. The molecule has 5 heteroatoms. The van der Waals surface area contributed by atoms with Crippen molar-refractivity contribution >= 4 is 23.6 Å². The van der Waals surface area contributed by atoms with Crippen molar-refractivity contribution in [3.63, 3.8) is 0 Å². The van der Waals surface area contributed by atoms with Crippen LogP contribution in [0.4, 0.5) is 10.1 Å². The van der Waals surface area contributed by atoms with Gasteiger partial charge in [-0.3, -0.25) is 4.79 Å². The molecule has 2 aromatic rings. The topological polar surface area (TPSA) is 55.4 Å². The van der Waals surface area contributed by atoms with Crippen LogP contribution in [0.15, 0.2) is 54.6 Å². The molecular formula is C19H18FNO3. The van der Waals surface area contributed by atoms with E-state index in [1.54, 1.807) is 12.1 Å². The molecule has 2 aromatic carbocycles. The van der Waals surface area contributed by atoms with Gasteiger partial charge in [0, 0.05) is 11.8 Å². The maximum atomic E-state index is 12.8. The molecule has 24 heavy (non-hydrogen) atoms.